The first-order valence-corrected chi connectivity index (χ1v) is 5.81. The van der Waals surface area contributed by atoms with Crippen LogP contribution in [0.2, 0.25) is 0 Å². The molecule has 0 saturated heterocycles. The van der Waals surface area contributed by atoms with Gasteiger partial charge >= 0.3 is 0 Å². The van der Waals surface area contributed by atoms with Crippen molar-refractivity contribution in [2.45, 2.75) is 32.2 Å². The van der Waals surface area contributed by atoms with Gasteiger partial charge in [-0.25, -0.2) is 8.78 Å². The smallest absolute Gasteiger partial charge is 0.129 e. The molecule has 3 atom stereocenters. The van der Waals surface area contributed by atoms with Crippen LogP contribution < -0.4 is 5.32 Å². The number of halogens is 2. The summed E-state index contributed by atoms with van der Waals surface area (Å²) in [6, 6.07) is 4.36. The molecule has 88 valence electrons. The third kappa shape index (κ3) is 1.96. The minimum Gasteiger partial charge on any atom is -0.314 e. The Kier molecular flexibility index (Phi) is 3.24. The van der Waals surface area contributed by atoms with E-state index in [4.69, 9.17) is 0 Å². The average molecular weight is 225 g/mol. The molecule has 0 bridgehead atoms. The van der Waals surface area contributed by atoms with E-state index in [9.17, 15) is 8.78 Å². The van der Waals surface area contributed by atoms with Gasteiger partial charge in [0, 0.05) is 12.1 Å². The Morgan fingerprint density at radius 2 is 2.12 bits per heavy atom. The minimum absolute atomic E-state index is 0.227. The molecule has 0 heterocycles. The van der Waals surface area contributed by atoms with Crippen LogP contribution in [0, 0.1) is 17.6 Å². The van der Waals surface area contributed by atoms with Gasteiger partial charge in [-0.2, -0.15) is 0 Å². The fraction of sp³-hybridized carbons (Fsp3) is 0.538. The van der Waals surface area contributed by atoms with Crippen LogP contribution in [0.5, 0.6) is 0 Å². The number of nitrogens with one attached hydrogen (secondary N) is 1. The topological polar surface area (TPSA) is 12.0 Å². The highest BCUT2D eigenvalue weighted by Crippen LogP contribution is 2.43. The summed E-state index contributed by atoms with van der Waals surface area (Å²) in [6.07, 6.45) is 0.942. The lowest BCUT2D eigenvalue weighted by Gasteiger charge is -2.43. The fourth-order valence-electron chi connectivity index (χ4n) is 2.53. The summed E-state index contributed by atoms with van der Waals surface area (Å²) in [6.45, 7) is 5.12. The second-order valence-corrected chi connectivity index (χ2v) is 4.53. The van der Waals surface area contributed by atoms with Crippen LogP contribution in [-0.4, -0.2) is 12.6 Å². The lowest BCUT2D eigenvalue weighted by molar-refractivity contribution is 0.183. The molecule has 0 spiro atoms. The monoisotopic (exact) mass is 225 g/mol. The Morgan fingerprint density at radius 1 is 1.38 bits per heavy atom. The molecule has 1 aliphatic rings. The van der Waals surface area contributed by atoms with E-state index < -0.39 is 11.6 Å². The third-order valence-electron chi connectivity index (χ3n) is 3.61. The van der Waals surface area contributed by atoms with Crippen molar-refractivity contribution in [1.29, 1.82) is 0 Å². The molecule has 0 aliphatic heterocycles. The molecular formula is C13H17F2N. The molecule has 0 aromatic heterocycles. The molecule has 1 aromatic carbocycles. The zero-order chi connectivity index (χ0) is 11.7. The normalized spacial score (nSPS) is 28.9. The van der Waals surface area contributed by atoms with Gasteiger partial charge in [-0.15, -0.1) is 0 Å². The molecule has 1 saturated carbocycles. The SMILES string of the molecule is CCNC1CC(c2ccc(F)cc2F)C1C. The molecule has 0 amide bonds. The highest BCUT2D eigenvalue weighted by atomic mass is 19.1. The van der Waals surface area contributed by atoms with Crippen LogP contribution in [0.1, 0.15) is 31.7 Å². The Balaban J connectivity index is 2.10. The second kappa shape index (κ2) is 4.50. The third-order valence-corrected chi connectivity index (χ3v) is 3.61. The van der Waals surface area contributed by atoms with Gasteiger partial charge in [-0.05, 0) is 36.4 Å². The number of hydrogen-bond donors (Lipinski definition) is 1. The van der Waals surface area contributed by atoms with Gasteiger partial charge in [-0.1, -0.05) is 19.9 Å². The van der Waals surface area contributed by atoms with E-state index in [2.05, 4.69) is 19.2 Å². The van der Waals surface area contributed by atoms with Crippen LogP contribution in [0.15, 0.2) is 18.2 Å². The van der Waals surface area contributed by atoms with Crippen molar-refractivity contribution in [2.24, 2.45) is 5.92 Å². The quantitative estimate of drug-likeness (QED) is 0.833. The van der Waals surface area contributed by atoms with E-state index >= 15 is 0 Å². The van der Waals surface area contributed by atoms with E-state index in [0.717, 1.165) is 19.0 Å². The highest BCUT2D eigenvalue weighted by Gasteiger charge is 2.39. The van der Waals surface area contributed by atoms with Crippen molar-refractivity contribution >= 4 is 0 Å². The van der Waals surface area contributed by atoms with Crippen LogP contribution in [0.4, 0.5) is 8.78 Å². The maximum atomic E-state index is 13.5. The predicted molar refractivity (Wildman–Crippen MR) is 60.3 cm³/mol. The van der Waals surface area contributed by atoms with E-state index in [1.807, 2.05) is 0 Å². The van der Waals surface area contributed by atoms with Crippen molar-refractivity contribution in [3.05, 3.63) is 35.4 Å². The summed E-state index contributed by atoms with van der Waals surface area (Å²) in [4.78, 5) is 0. The minimum atomic E-state index is -0.503. The van der Waals surface area contributed by atoms with Gasteiger partial charge in [0.15, 0.2) is 0 Å². The van der Waals surface area contributed by atoms with Gasteiger partial charge in [0.05, 0.1) is 0 Å². The molecule has 1 aromatic rings. The Bertz CT molecular complexity index is 378. The predicted octanol–water partition coefficient (Wildman–Crippen LogP) is 3.07. The number of rotatable bonds is 3. The Labute approximate surface area is 94.9 Å². The van der Waals surface area contributed by atoms with Gasteiger partial charge < -0.3 is 5.32 Å². The van der Waals surface area contributed by atoms with Crippen molar-refractivity contribution in [3.8, 4) is 0 Å². The van der Waals surface area contributed by atoms with Crippen LogP contribution in [0.25, 0.3) is 0 Å². The molecule has 1 N–H and O–H groups in total. The second-order valence-electron chi connectivity index (χ2n) is 4.53. The molecule has 0 radical (unpaired) electrons. The molecule has 2 rings (SSSR count). The first kappa shape index (κ1) is 11.5. The van der Waals surface area contributed by atoms with Crippen molar-refractivity contribution in [2.75, 3.05) is 6.54 Å². The lowest BCUT2D eigenvalue weighted by atomic mass is 9.67. The zero-order valence-electron chi connectivity index (χ0n) is 9.63. The first-order chi connectivity index (χ1) is 7.63. The van der Waals surface area contributed by atoms with Crippen LogP contribution in [0.3, 0.4) is 0 Å². The Morgan fingerprint density at radius 3 is 2.69 bits per heavy atom. The van der Waals surface area contributed by atoms with Crippen LogP contribution >= 0.6 is 0 Å². The number of hydrogen-bond acceptors (Lipinski definition) is 1. The van der Waals surface area contributed by atoms with Crippen molar-refractivity contribution < 1.29 is 8.78 Å². The van der Waals surface area contributed by atoms with Gasteiger partial charge in [0.2, 0.25) is 0 Å². The van der Waals surface area contributed by atoms with E-state index in [1.54, 1.807) is 6.07 Å². The standard InChI is InChI=1S/C13H17F2N/c1-3-16-13-7-11(8(13)2)10-5-4-9(14)6-12(10)15/h4-6,8,11,13,16H,3,7H2,1-2H3. The van der Waals surface area contributed by atoms with E-state index in [-0.39, 0.29) is 5.92 Å². The molecule has 1 fully saturated rings. The molecule has 16 heavy (non-hydrogen) atoms. The molecule has 1 aliphatic carbocycles. The largest absolute Gasteiger partial charge is 0.314 e. The first-order valence-electron chi connectivity index (χ1n) is 5.81. The maximum absolute atomic E-state index is 13.5. The summed E-state index contributed by atoms with van der Waals surface area (Å²) >= 11 is 0. The number of benzene rings is 1. The summed E-state index contributed by atoms with van der Waals surface area (Å²) in [7, 11) is 0. The molecule has 1 nitrogen and oxygen atoms in total. The summed E-state index contributed by atoms with van der Waals surface area (Å²) < 4.78 is 26.3. The van der Waals surface area contributed by atoms with Crippen molar-refractivity contribution in [3.63, 3.8) is 0 Å². The summed E-state index contributed by atoms with van der Waals surface area (Å²) in [5, 5.41) is 3.37. The van der Waals surface area contributed by atoms with Crippen molar-refractivity contribution in [1.82, 2.24) is 5.32 Å². The molecule has 3 unspecified atom stereocenters. The van der Waals surface area contributed by atoms with Gasteiger partial charge in [0.1, 0.15) is 11.6 Å². The summed E-state index contributed by atoms with van der Waals surface area (Å²) in [5.41, 5.74) is 0.656. The maximum Gasteiger partial charge on any atom is 0.129 e. The van der Waals surface area contributed by atoms with E-state index in [0.29, 0.717) is 17.5 Å². The van der Waals surface area contributed by atoms with E-state index in [1.165, 1.54) is 6.07 Å². The highest BCUT2D eigenvalue weighted by molar-refractivity contribution is 5.26. The zero-order valence-corrected chi connectivity index (χ0v) is 9.63. The lowest BCUT2D eigenvalue weighted by Crippen LogP contribution is -2.47. The molecule has 3 heteroatoms. The fourth-order valence-corrected chi connectivity index (χ4v) is 2.53. The van der Waals surface area contributed by atoms with Gasteiger partial charge in [-0.3, -0.25) is 0 Å². The van der Waals surface area contributed by atoms with Gasteiger partial charge in [0.25, 0.3) is 0 Å². The van der Waals surface area contributed by atoms with Crippen LogP contribution in [-0.2, 0) is 0 Å². The molecular weight excluding hydrogens is 208 g/mol. The average Bonchev–Trinajstić information content (AvgIpc) is 2.25. The summed E-state index contributed by atoms with van der Waals surface area (Å²) in [5.74, 6) is -0.271. The Hall–Kier alpha value is -0.960.